The van der Waals surface area contributed by atoms with Crippen LogP contribution in [0.15, 0.2) is 48.5 Å². The molecule has 0 bridgehead atoms. The van der Waals surface area contributed by atoms with E-state index in [1.54, 1.807) is 32.0 Å². The highest BCUT2D eigenvalue weighted by atomic mass is 32.2. The molecule has 2 aromatic carbocycles. The van der Waals surface area contributed by atoms with Crippen LogP contribution in [0, 0.1) is 13.8 Å². The first-order valence-corrected chi connectivity index (χ1v) is 13.0. The molecule has 0 heterocycles. The van der Waals surface area contributed by atoms with Crippen LogP contribution in [0.5, 0.6) is 0 Å². The number of carbonyl (C=O) groups is 2. The zero-order chi connectivity index (χ0) is 24.8. The van der Waals surface area contributed by atoms with Crippen LogP contribution in [0.25, 0.3) is 0 Å². The van der Waals surface area contributed by atoms with Crippen LogP contribution in [0.4, 0.5) is 5.69 Å². The number of amides is 2. The van der Waals surface area contributed by atoms with Gasteiger partial charge in [0.25, 0.3) is 0 Å². The molecule has 0 saturated carbocycles. The maximum absolute atomic E-state index is 13.5. The molecule has 1 N–H and O–H groups in total. The summed E-state index contributed by atoms with van der Waals surface area (Å²) in [6.07, 6.45) is 1.84. The Morgan fingerprint density at radius 1 is 1.03 bits per heavy atom. The van der Waals surface area contributed by atoms with Crippen molar-refractivity contribution in [3.8, 4) is 0 Å². The second-order valence-electron chi connectivity index (χ2n) is 8.56. The molecular formula is C25H35N3O4S. The number of anilines is 1. The molecule has 0 saturated heterocycles. The van der Waals surface area contributed by atoms with E-state index in [0.717, 1.165) is 33.7 Å². The van der Waals surface area contributed by atoms with Gasteiger partial charge in [0.2, 0.25) is 21.8 Å². The predicted molar refractivity (Wildman–Crippen MR) is 132 cm³/mol. The summed E-state index contributed by atoms with van der Waals surface area (Å²) in [4.78, 5) is 27.8. The van der Waals surface area contributed by atoms with E-state index in [4.69, 9.17) is 0 Å². The van der Waals surface area contributed by atoms with Crippen molar-refractivity contribution >= 4 is 27.5 Å². The van der Waals surface area contributed by atoms with Gasteiger partial charge in [0.1, 0.15) is 12.6 Å². The van der Waals surface area contributed by atoms with E-state index in [2.05, 4.69) is 5.32 Å². The van der Waals surface area contributed by atoms with Gasteiger partial charge in [-0.3, -0.25) is 13.9 Å². The van der Waals surface area contributed by atoms with Gasteiger partial charge in [-0.1, -0.05) is 55.0 Å². The Kier molecular flexibility index (Phi) is 9.05. The summed E-state index contributed by atoms with van der Waals surface area (Å²) in [5.74, 6) is -0.718. The highest BCUT2D eigenvalue weighted by Crippen LogP contribution is 2.23. The lowest BCUT2D eigenvalue weighted by Gasteiger charge is -2.32. The summed E-state index contributed by atoms with van der Waals surface area (Å²) in [5.41, 5.74) is 3.09. The third-order valence-corrected chi connectivity index (χ3v) is 6.79. The van der Waals surface area contributed by atoms with Crippen molar-refractivity contribution in [3.05, 3.63) is 65.2 Å². The molecule has 0 aliphatic carbocycles. The van der Waals surface area contributed by atoms with Crippen molar-refractivity contribution in [2.45, 2.75) is 59.7 Å². The monoisotopic (exact) mass is 473 g/mol. The second-order valence-corrected chi connectivity index (χ2v) is 10.5. The van der Waals surface area contributed by atoms with Crippen molar-refractivity contribution in [3.63, 3.8) is 0 Å². The van der Waals surface area contributed by atoms with Gasteiger partial charge in [-0.2, -0.15) is 0 Å². The summed E-state index contributed by atoms with van der Waals surface area (Å²) in [6.45, 7) is 9.10. The van der Waals surface area contributed by atoms with Crippen molar-refractivity contribution < 1.29 is 18.0 Å². The normalized spacial score (nSPS) is 13.2. The van der Waals surface area contributed by atoms with Crippen LogP contribution in [0.2, 0.25) is 0 Å². The molecule has 180 valence electrons. The topological polar surface area (TPSA) is 86.8 Å². The molecule has 0 radical (unpaired) electrons. The van der Waals surface area contributed by atoms with Crippen LogP contribution < -0.4 is 9.62 Å². The molecule has 2 rings (SSSR count). The highest BCUT2D eigenvalue weighted by molar-refractivity contribution is 7.92. The minimum absolute atomic E-state index is 0.0321. The van der Waals surface area contributed by atoms with Crippen LogP contribution in [-0.2, 0) is 26.2 Å². The second kappa shape index (κ2) is 11.3. The molecule has 8 heteroatoms. The quantitative estimate of drug-likeness (QED) is 0.573. The van der Waals surface area contributed by atoms with Crippen LogP contribution in [-0.4, -0.2) is 50.0 Å². The van der Waals surface area contributed by atoms with Crippen LogP contribution in [0.3, 0.4) is 0 Å². The van der Waals surface area contributed by atoms with E-state index >= 15 is 0 Å². The molecule has 0 aliphatic rings. The molecular weight excluding hydrogens is 438 g/mol. The van der Waals surface area contributed by atoms with Gasteiger partial charge in [-0.25, -0.2) is 8.42 Å². The molecule has 2 aromatic rings. The third-order valence-electron chi connectivity index (χ3n) is 5.67. The van der Waals surface area contributed by atoms with Gasteiger partial charge in [0, 0.05) is 12.6 Å². The minimum atomic E-state index is -3.73. The van der Waals surface area contributed by atoms with Gasteiger partial charge in [-0.05, 0) is 51.3 Å². The number of nitrogens with zero attached hydrogens (tertiary/aromatic N) is 2. The fourth-order valence-corrected chi connectivity index (χ4v) is 4.40. The lowest BCUT2D eigenvalue weighted by molar-refractivity contribution is -0.139. The van der Waals surface area contributed by atoms with Crippen LogP contribution in [0.1, 0.15) is 43.9 Å². The SMILES string of the molecule is CC[C@@H](C)NC(=O)[C@H](C)N(Cc1cccc(C)c1)C(=O)CN(c1ccccc1C)S(C)(=O)=O. The molecule has 0 spiro atoms. The van der Waals surface area contributed by atoms with Crippen molar-refractivity contribution in [1.82, 2.24) is 10.2 Å². The zero-order valence-corrected chi connectivity index (χ0v) is 21.1. The number of aryl methyl sites for hydroxylation is 2. The Morgan fingerprint density at radius 2 is 1.70 bits per heavy atom. The largest absolute Gasteiger partial charge is 0.352 e. The Bertz CT molecular complexity index is 1080. The molecule has 0 fully saturated rings. The fourth-order valence-electron chi connectivity index (χ4n) is 3.49. The van der Waals surface area contributed by atoms with E-state index < -0.39 is 28.5 Å². The van der Waals surface area contributed by atoms with Crippen molar-refractivity contribution in [1.29, 1.82) is 0 Å². The molecule has 0 aliphatic heterocycles. The Hall–Kier alpha value is -2.87. The number of benzene rings is 2. The summed E-state index contributed by atoms with van der Waals surface area (Å²) >= 11 is 0. The third kappa shape index (κ3) is 7.32. The first-order chi connectivity index (χ1) is 15.4. The van der Waals surface area contributed by atoms with E-state index in [-0.39, 0.29) is 18.5 Å². The number of para-hydroxylation sites is 1. The molecule has 2 amide bonds. The lowest BCUT2D eigenvalue weighted by Crippen LogP contribution is -2.52. The maximum atomic E-state index is 13.5. The zero-order valence-electron chi connectivity index (χ0n) is 20.3. The van der Waals surface area contributed by atoms with E-state index in [9.17, 15) is 18.0 Å². The van der Waals surface area contributed by atoms with E-state index in [1.165, 1.54) is 4.90 Å². The predicted octanol–water partition coefficient (Wildman–Crippen LogP) is 3.40. The average Bonchev–Trinajstić information content (AvgIpc) is 2.75. The first kappa shape index (κ1) is 26.4. The smallest absolute Gasteiger partial charge is 0.244 e. The minimum Gasteiger partial charge on any atom is -0.352 e. The Balaban J connectivity index is 2.40. The molecule has 0 unspecified atom stereocenters. The number of nitrogens with one attached hydrogen (secondary N) is 1. The summed E-state index contributed by atoms with van der Waals surface area (Å²) in [5, 5.41) is 2.92. The van der Waals surface area contributed by atoms with Gasteiger partial charge < -0.3 is 10.2 Å². The first-order valence-electron chi connectivity index (χ1n) is 11.1. The number of sulfonamides is 1. The summed E-state index contributed by atoms with van der Waals surface area (Å²) in [6, 6.07) is 13.9. The number of rotatable bonds is 10. The van der Waals surface area contributed by atoms with Gasteiger partial charge in [0.15, 0.2) is 0 Å². The number of carbonyl (C=O) groups excluding carboxylic acids is 2. The number of hydrogen-bond donors (Lipinski definition) is 1. The standard InChI is InChI=1S/C25H35N3O4S/c1-7-20(4)26-25(30)21(5)27(16-22-13-10-11-18(2)15-22)24(29)17-28(33(6,31)32)23-14-9-8-12-19(23)3/h8-15,20-21H,7,16-17H2,1-6H3,(H,26,30)/t20-,21+/m1/s1. The molecule has 2 atom stereocenters. The maximum Gasteiger partial charge on any atom is 0.244 e. The van der Waals surface area contributed by atoms with E-state index in [1.807, 2.05) is 51.1 Å². The van der Waals surface area contributed by atoms with Crippen molar-refractivity contribution in [2.24, 2.45) is 0 Å². The van der Waals surface area contributed by atoms with Gasteiger partial charge in [-0.15, -0.1) is 0 Å². The Morgan fingerprint density at radius 3 is 2.27 bits per heavy atom. The highest BCUT2D eigenvalue weighted by Gasteiger charge is 2.30. The fraction of sp³-hybridized carbons (Fsp3) is 0.440. The molecule has 0 aromatic heterocycles. The molecule has 33 heavy (non-hydrogen) atoms. The summed E-state index contributed by atoms with van der Waals surface area (Å²) in [7, 11) is -3.73. The lowest BCUT2D eigenvalue weighted by atomic mass is 10.1. The Labute approximate surface area is 197 Å². The van der Waals surface area contributed by atoms with Crippen molar-refractivity contribution in [2.75, 3.05) is 17.1 Å². The number of hydrogen-bond acceptors (Lipinski definition) is 4. The van der Waals surface area contributed by atoms with Gasteiger partial charge >= 0.3 is 0 Å². The van der Waals surface area contributed by atoms with E-state index in [0.29, 0.717) is 5.69 Å². The van der Waals surface area contributed by atoms with Crippen LogP contribution >= 0.6 is 0 Å². The average molecular weight is 474 g/mol. The summed E-state index contributed by atoms with van der Waals surface area (Å²) < 4.78 is 26.3. The van der Waals surface area contributed by atoms with Gasteiger partial charge in [0.05, 0.1) is 11.9 Å². The molecule has 7 nitrogen and oxygen atoms in total.